The van der Waals surface area contributed by atoms with Crippen LogP contribution in [-0.2, 0) is 45.9 Å². The van der Waals surface area contributed by atoms with E-state index in [2.05, 4.69) is 26.0 Å². The van der Waals surface area contributed by atoms with Gasteiger partial charge in [-0.25, -0.2) is 9.78 Å². The molecule has 0 bridgehead atoms. The molecule has 0 aliphatic carbocycles. The van der Waals surface area contributed by atoms with Crippen molar-refractivity contribution in [3.63, 3.8) is 0 Å². The number of fused-ring (bicyclic) bond motifs is 5. The average molecular weight is 581 g/mol. The molecule has 6 rings (SSSR count). The Morgan fingerprint density at radius 3 is 2.49 bits per heavy atom. The summed E-state index contributed by atoms with van der Waals surface area (Å²) in [6.45, 7) is 10.1. The first kappa shape index (κ1) is 28.8. The van der Waals surface area contributed by atoms with Crippen LogP contribution in [0.15, 0.2) is 53.3 Å². The van der Waals surface area contributed by atoms with Crippen molar-refractivity contribution in [3.8, 4) is 17.1 Å². The molecular formula is C35H36N2O6. The fraction of sp³-hybridized carbons (Fsp3) is 0.371. The van der Waals surface area contributed by atoms with Gasteiger partial charge in [0.25, 0.3) is 5.56 Å². The van der Waals surface area contributed by atoms with Crippen LogP contribution in [0.2, 0.25) is 0 Å². The molecule has 1 N–H and O–H groups in total. The molecule has 2 aliphatic rings. The first-order valence-corrected chi connectivity index (χ1v) is 15.0. The average Bonchev–Trinajstić information content (AvgIpc) is 3.36. The van der Waals surface area contributed by atoms with Gasteiger partial charge in [0.1, 0.15) is 12.4 Å². The molecule has 2 atom stereocenters. The fourth-order valence-corrected chi connectivity index (χ4v) is 6.36. The lowest BCUT2D eigenvalue weighted by Crippen LogP contribution is -2.44. The quantitative estimate of drug-likeness (QED) is 0.199. The molecule has 2 aromatic carbocycles. The van der Waals surface area contributed by atoms with E-state index >= 15 is 0 Å². The van der Waals surface area contributed by atoms with E-state index in [0.717, 1.165) is 28.5 Å². The zero-order chi connectivity index (χ0) is 30.6. The molecule has 43 heavy (non-hydrogen) atoms. The molecule has 222 valence electrons. The number of benzene rings is 2. The number of carbonyl (C=O) groups excluding carboxylic acids is 2. The van der Waals surface area contributed by atoms with Crippen molar-refractivity contribution in [1.82, 2.24) is 9.55 Å². The number of carbonyl (C=O) groups is 2. The second-order valence-corrected chi connectivity index (χ2v) is 12.0. The number of hydrogen-bond donors (Lipinski definition) is 1. The SMILES string of the molecule is CCc1c2c(nc3ccc(OC(=O)[C@H](C)c4ccc(CC(C)C)cc4)cc13)-c1cc3c(c(=O)n1C2)COC(=O)[C@]3(O)CC. The Balaban J connectivity index is 1.34. The summed E-state index contributed by atoms with van der Waals surface area (Å²) in [5, 5.41) is 12.0. The monoisotopic (exact) mass is 580 g/mol. The van der Waals surface area contributed by atoms with Crippen LogP contribution in [0, 0.1) is 5.92 Å². The largest absolute Gasteiger partial charge is 0.458 e. The summed E-state index contributed by atoms with van der Waals surface area (Å²) in [7, 11) is 0. The zero-order valence-electron chi connectivity index (χ0n) is 25.2. The van der Waals surface area contributed by atoms with E-state index in [0.29, 0.717) is 52.7 Å². The van der Waals surface area contributed by atoms with Gasteiger partial charge in [-0.3, -0.25) is 9.59 Å². The minimum absolute atomic E-state index is 0.0868. The smallest absolute Gasteiger partial charge is 0.343 e. The van der Waals surface area contributed by atoms with Gasteiger partial charge in [-0.15, -0.1) is 0 Å². The number of ether oxygens (including phenoxy) is 2. The Morgan fingerprint density at radius 2 is 1.81 bits per heavy atom. The van der Waals surface area contributed by atoms with E-state index in [1.807, 2.05) is 38.1 Å². The highest BCUT2D eigenvalue weighted by atomic mass is 16.6. The molecular weight excluding hydrogens is 544 g/mol. The predicted octanol–water partition coefficient (Wildman–Crippen LogP) is 5.55. The molecule has 8 nitrogen and oxygen atoms in total. The van der Waals surface area contributed by atoms with Crippen LogP contribution in [0.5, 0.6) is 5.75 Å². The van der Waals surface area contributed by atoms with Crippen molar-refractivity contribution in [3.05, 3.63) is 92.3 Å². The van der Waals surface area contributed by atoms with Gasteiger partial charge in [0.05, 0.1) is 34.9 Å². The van der Waals surface area contributed by atoms with E-state index in [4.69, 9.17) is 14.5 Å². The Morgan fingerprint density at radius 1 is 1.07 bits per heavy atom. The topological polar surface area (TPSA) is 108 Å². The molecule has 0 radical (unpaired) electrons. The summed E-state index contributed by atoms with van der Waals surface area (Å²) in [4.78, 5) is 44.1. The lowest BCUT2D eigenvalue weighted by Gasteiger charge is -2.31. The Kier molecular flexibility index (Phi) is 7.21. The van der Waals surface area contributed by atoms with Crippen LogP contribution in [0.25, 0.3) is 22.3 Å². The first-order chi connectivity index (χ1) is 20.5. The molecule has 8 heteroatoms. The van der Waals surface area contributed by atoms with Crippen LogP contribution in [0.3, 0.4) is 0 Å². The van der Waals surface area contributed by atoms with E-state index < -0.39 is 17.5 Å². The number of rotatable bonds is 7. The minimum Gasteiger partial charge on any atom is -0.458 e. The third-order valence-corrected chi connectivity index (χ3v) is 8.83. The van der Waals surface area contributed by atoms with Gasteiger partial charge in [0, 0.05) is 16.5 Å². The lowest BCUT2D eigenvalue weighted by atomic mass is 9.86. The number of esters is 2. The van der Waals surface area contributed by atoms with Gasteiger partial charge >= 0.3 is 11.9 Å². The maximum atomic E-state index is 13.6. The second-order valence-electron chi connectivity index (χ2n) is 12.0. The maximum absolute atomic E-state index is 13.6. The second kappa shape index (κ2) is 10.8. The molecule has 0 saturated carbocycles. The highest BCUT2D eigenvalue weighted by Crippen LogP contribution is 2.41. The van der Waals surface area contributed by atoms with Crippen LogP contribution < -0.4 is 10.3 Å². The number of aliphatic hydroxyl groups is 1. The summed E-state index contributed by atoms with van der Waals surface area (Å²) in [6.07, 6.45) is 1.75. The Labute approximate surface area is 250 Å². The molecule has 0 amide bonds. The van der Waals surface area contributed by atoms with Crippen LogP contribution in [0.1, 0.15) is 80.3 Å². The van der Waals surface area contributed by atoms with Crippen LogP contribution >= 0.6 is 0 Å². The van der Waals surface area contributed by atoms with Gasteiger partial charge in [0.15, 0.2) is 5.60 Å². The highest BCUT2D eigenvalue weighted by molar-refractivity contribution is 5.90. The van der Waals surface area contributed by atoms with Crippen LogP contribution in [-0.4, -0.2) is 26.6 Å². The van der Waals surface area contributed by atoms with Gasteiger partial charge in [-0.2, -0.15) is 0 Å². The zero-order valence-corrected chi connectivity index (χ0v) is 25.2. The number of hydrogen-bond acceptors (Lipinski definition) is 7. The molecule has 0 saturated heterocycles. The third-order valence-electron chi connectivity index (χ3n) is 8.83. The molecule has 4 heterocycles. The van der Waals surface area contributed by atoms with Crippen LogP contribution in [0.4, 0.5) is 0 Å². The molecule has 0 fully saturated rings. The van der Waals surface area contributed by atoms with Crippen molar-refractivity contribution in [2.75, 3.05) is 0 Å². The van der Waals surface area contributed by atoms with Crippen molar-refractivity contribution in [2.45, 2.75) is 78.6 Å². The fourth-order valence-electron chi connectivity index (χ4n) is 6.36. The van der Waals surface area contributed by atoms with E-state index in [9.17, 15) is 19.5 Å². The number of pyridine rings is 2. The standard InChI is InChI=1S/C35H36N2O6/c1-6-24-25-15-23(43-33(39)20(5)22-10-8-21(9-11-22)14-19(3)4)12-13-29(25)36-31-26(24)17-37-30(31)16-28-27(32(37)38)18-42-34(40)35(28,41)7-2/h8-13,15-16,19-20,41H,6-7,14,17-18H2,1-5H3/t20-,35+/m1/s1. The Hall–Kier alpha value is -4.30. The van der Waals surface area contributed by atoms with Crippen molar-refractivity contribution in [2.24, 2.45) is 5.92 Å². The van der Waals surface area contributed by atoms with Gasteiger partial charge in [0.2, 0.25) is 0 Å². The van der Waals surface area contributed by atoms with E-state index in [-0.39, 0.29) is 24.6 Å². The van der Waals surface area contributed by atoms with Gasteiger partial charge in [-0.05, 0) is 73.1 Å². The molecule has 0 unspecified atom stereocenters. The van der Waals surface area contributed by atoms with Crippen molar-refractivity contribution < 1.29 is 24.2 Å². The Bertz CT molecular complexity index is 1840. The highest BCUT2D eigenvalue weighted by Gasteiger charge is 2.45. The number of nitrogens with zero attached hydrogens (tertiary/aromatic N) is 2. The summed E-state index contributed by atoms with van der Waals surface area (Å²) in [6, 6.07) is 15.2. The maximum Gasteiger partial charge on any atom is 0.343 e. The van der Waals surface area contributed by atoms with Gasteiger partial charge in [-0.1, -0.05) is 52.0 Å². The summed E-state index contributed by atoms with van der Waals surface area (Å²) in [5.74, 6) is -0.522. The summed E-state index contributed by atoms with van der Waals surface area (Å²) >= 11 is 0. The van der Waals surface area contributed by atoms with Crippen molar-refractivity contribution in [1.29, 1.82) is 0 Å². The van der Waals surface area contributed by atoms with E-state index in [1.165, 1.54) is 5.56 Å². The molecule has 0 spiro atoms. The first-order valence-electron chi connectivity index (χ1n) is 15.0. The minimum atomic E-state index is -1.87. The number of cyclic esters (lactones) is 1. The lowest BCUT2D eigenvalue weighted by molar-refractivity contribution is -0.172. The van der Waals surface area contributed by atoms with E-state index in [1.54, 1.807) is 23.6 Å². The normalized spacial score (nSPS) is 17.8. The molecule has 2 aromatic heterocycles. The summed E-state index contributed by atoms with van der Waals surface area (Å²) in [5.41, 5.74) is 4.40. The molecule has 4 aromatic rings. The summed E-state index contributed by atoms with van der Waals surface area (Å²) < 4.78 is 12.7. The van der Waals surface area contributed by atoms with Gasteiger partial charge < -0.3 is 19.1 Å². The van der Waals surface area contributed by atoms with Crippen molar-refractivity contribution >= 4 is 22.8 Å². The number of aromatic nitrogens is 2. The third kappa shape index (κ3) is 4.74. The predicted molar refractivity (Wildman–Crippen MR) is 163 cm³/mol. The number of aryl methyl sites for hydroxylation is 1. The molecule has 2 aliphatic heterocycles.